The average Bonchev–Trinajstić information content (AvgIpc) is 3.00. The summed E-state index contributed by atoms with van der Waals surface area (Å²) in [6.07, 6.45) is 1.81. The van der Waals surface area contributed by atoms with Gasteiger partial charge in [0.05, 0.1) is 17.0 Å². The van der Waals surface area contributed by atoms with Crippen molar-refractivity contribution in [3.05, 3.63) is 40.4 Å². The summed E-state index contributed by atoms with van der Waals surface area (Å²) in [7, 11) is -3.27. The van der Waals surface area contributed by atoms with E-state index < -0.39 is 15.8 Å². The first kappa shape index (κ1) is 19.2. The monoisotopic (exact) mass is 391 g/mol. The van der Waals surface area contributed by atoms with Crippen molar-refractivity contribution in [3.8, 4) is 0 Å². The fraction of sp³-hybridized carbons (Fsp3) is 0.308. The molecule has 0 fully saturated rings. The third-order valence-corrected chi connectivity index (χ3v) is 4.00. The lowest BCUT2D eigenvalue weighted by Gasteiger charge is -2.04. The van der Waals surface area contributed by atoms with E-state index in [1.807, 2.05) is 5.48 Å². The lowest BCUT2D eigenvalue weighted by atomic mass is 10.2. The number of hydroxylamine groups is 1. The van der Waals surface area contributed by atoms with Gasteiger partial charge in [0.1, 0.15) is 11.5 Å². The van der Waals surface area contributed by atoms with Crippen LogP contribution in [0, 0.1) is 5.82 Å². The van der Waals surface area contributed by atoms with Crippen LogP contribution in [0.1, 0.15) is 17.8 Å². The van der Waals surface area contributed by atoms with E-state index in [-0.39, 0.29) is 28.8 Å². The minimum atomic E-state index is -3.27. The summed E-state index contributed by atoms with van der Waals surface area (Å²) in [5, 5.41) is 16.6. The fourth-order valence-corrected chi connectivity index (χ4v) is 2.57. The molecule has 0 amide bonds. The minimum absolute atomic E-state index is 0.0741. The molecular formula is C13H15ClFN5O4S. The van der Waals surface area contributed by atoms with Crippen molar-refractivity contribution in [1.29, 1.82) is 0 Å². The van der Waals surface area contributed by atoms with Crippen molar-refractivity contribution in [2.75, 3.05) is 12.8 Å². The van der Waals surface area contributed by atoms with Gasteiger partial charge in [-0.3, -0.25) is 10.7 Å². The Morgan fingerprint density at radius 3 is 2.84 bits per heavy atom. The average molecular weight is 392 g/mol. The fourth-order valence-electron chi connectivity index (χ4n) is 1.88. The van der Waals surface area contributed by atoms with Gasteiger partial charge in [-0.15, -0.1) is 0 Å². The van der Waals surface area contributed by atoms with Crippen LogP contribution in [0.3, 0.4) is 0 Å². The Bertz CT molecular complexity index is 871. The number of hydrogen-bond acceptors (Lipinski definition) is 7. The molecule has 12 heteroatoms. The van der Waals surface area contributed by atoms with Gasteiger partial charge in [-0.25, -0.2) is 27.2 Å². The highest BCUT2D eigenvalue weighted by molar-refractivity contribution is 7.88. The van der Waals surface area contributed by atoms with E-state index in [1.165, 1.54) is 12.1 Å². The van der Waals surface area contributed by atoms with E-state index in [0.29, 0.717) is 18.5 Å². The Labute approximate surface area is 147 Å². The normalized spacial score (nSPS) is 12.4. The predicted molar refractivity (Wildman–Crippen MR) is 88.0 cm³/mol. The van der Waals surface area contributed by atoms with E-state index in [0.717, 1.165) is 12.3 Å². The zero-order valence-corrected chi connectivity index (χ0v) is 14.6. The van der Waals surface area contributed by atoms with Crippen LogP contribution in [0.2, 0.25) is 5.02 Å². The zero-order chi connectivity index (χ0) is 18.4. The molecule has 0 unspecified atom stereocenters. The van der Waals surface area contributed by atoms with Crippen molar-refractivity contribution < 1.29 is 22.6 Å². The van der Waals surface area contributed by atoms with Crippen molar-refractivity contribution in [2.45, 2.75) is 12.8 Å². The molecule has 3 N–H and O–H groups in total. The molecule has 0 spiro atoms. The van der Waals surface area contributed by atoms with E-state index in [4.69, 9.17) is 11.6 Å². The summed E-state index contributed by atoms with van der Waals surface area (Å²) >= 11 is 5.69. The van der Waals surface area contributed by atoms with E-state index >= 15 is 0 Å². The van der Waals surface area contributed by atoms with Crippen molar-refractivity contribution >= 4 is 33.1 Å². The number of halogens is 2. The molecule has 0 aliphatic heterocycles. The number of nitrogens with zero attached hydrogens (tertiary/aromatic N) is 3. The molecule has 1 aromatic carbocycles. The minimum Gasteiger partial charge on any atom is -0.290 e. The maximum absolute atomic E-state index is 13.2. The van der Waals surface area contributed by atoms with Crippen molar-refractivity contribution in [1.82, 2.24) is 20.5 Å². The zero-order valence-electron chi connectivity index (χ0n) is 13.0. The van der Waals surface area contributed by atoms with Gasteiger partial charge in [0.15, 0.2) is 11.5 Å². The largest absolute Gasteiger partial charge is 0.290 e. The first-order chi connectivity index (χ1) is 11.8. The molecule has 136 valence electrons. The highest BCUT2D eigenvalue weighted by atomic mass is 35.5. The van der Waals surface area contributed by atoms with Gasteiger partial charge in [-0.1, -0.05) is 16.8 Å². The molecule has 9 nitrogen and oxygen atoms in total. The molecule has 0 bridgehead atoms. The highest BCUT2D eigenvalue weighted by Gasteiger charge is 2.16. The van der Waals surface area contributed by atoms with Crippen LogP contribution in [0.4, 0.5) is 10.1 Å². The lowest BCUT2D eigenvalue weighted by Crippen LogP contribution is -2.24. The lowest BCUT2D eigenvalue weighted by molar-refractivity contribution is 0.234. The number of aliphatic imine (C=N–C) groups is 1. The van der Waals surface area contributed by atoms with Crippen LogP contribution in [0.5, 0.6) is 0 Å². The molecule has 2 rings (SSSR count). The maximum atomic E-state index is 13.2. The summed E-state index contributed by atoms with van der Waals surface area (Å²) in [6, 6.07) is 3.77. The molecule has 0 aliphatic rings. The summed E-state index contributed by atoms with van der Waals surface area (Å²) < 4.78 is 42.2. The van der Waals surface area contributed by atoms with Gasteiger partial charge in [0.2, 0.25) is 10.0 Å². The van der Waals surface area contributed by atoms with Gasteiger partial charge in [-0.2, -0.15) is 0 Å². The summed E-state index contributed by atoms with van der Waals surface area (Å²) in [5.74, 6) is -0.670. The topological polar surface area (TPSA) is 130 Å². The first-order valence-corrected chi connectivity index (χ1v) is 9.27. The van der Waals surface area contributed by atoms with Crippen LogP contribution >= 0.6 is 11.6 Å². The van der Waals surface area contributed by atoms with Crippen LogP contribution in [0.25, 0.3) is 0 Å². The number of sulfonamides is 1. The van der Waals surface area contributed by atoms with Gasteiger partial charge in [-0.05, 0) is 36.2 Å². The first-order valence-electron chi connectivity index (χ1n) is 7.00. The van der Waals surface area contributed by atoms with Gasteiger partial charge in [0.25, 0.3) is 0 Å². The molecule has 0 aliphatic carbocycles. The second-order valence-electron chi connectivity index (χ2n) is 5.00. The Hall–Kier alpha value is -2.08. The molecule has 25 heavy (non-hydrogen) atoms. The van der Waals surface area contributed by atoms with Crippen molar-refractivity contribution in [3.63, 3.8) is 0 Å². The Morgan fingerprint density at radius 1 is 1.44 bits per heavy atom. The van der Waals surface area contributed by atoms with Gasteiger partial charge >= 0.3 is 0 Å². The molecule has 1 heterocycles. The summed E-state index contributed by atoms with van der Waals surface area (Å²) in [4.78, 5) is 4.08. The molecule has 1 aromatic heterocycles. The Morgan fingerprint density at radius 2 is 2.20 bits per heavy atom. The number of nitrogens with one attached hydrogen (secondary N) is 2. The predicted octanol–water partition coefficient (Wildman–Crippen LogP) is 1.40. The third-order valence-electron chi connectivity index (χ3n) is 2.99. The smallest absolute Gasteiger partial charge is 0.208 e. The molecule has 0 saturated carbocycles. The molecule has 0 atom stereocenters. The number of aryl methyl sites for hydroxylation is 1. The molecule has 0 radical (unpaired) electrons. The van der Waals surface area contributed by atoms with Crippen molar-refractivity contribution in [2.24, 2.45) is 4.99 Å². The quantitative estimate of drug-likeness (QED) is 0.281. The molecular weight excluding hydrogens is 377 g/mol. The summed E-state index contributed by atoms with van der Waals surface area (Å²) in [5.41, 5.74) is 2.66. The second-order valence-corrected chi connectivity index (χ2v) is 7.24. The second kappa shape index (κ2) is 8.34. The number of benzene rings is 1. The Kier molecular flexibility index (Phi) is 6.42. The molecule has 0 saturated heterocycles. The standard InChI is InChI=1S/C13H15ClFN5O4S/c1-25(22,23)16-6-2-3-11-12(20-24-19-11)13(18-21)17-8-4-5-10(15)9(14)7-8/h4-5,7,16,21H,2-3,6H2,1H3,(H,17,18). The van der Waals surface area contributed by atoms with Crippen LogP contribution < -0.4 is 10.2 Å². The molecule has 2 aromatic rings. The highest BCUT2D eigenvalue weighted by Crippen LogP contribution is 2.22. The SMILES string of the molecule is CS(=O)(=O)NCCCc1nonc1C(=Nc1ccc(F)c(Cl)c1)NO. The number of amidine groups is 1. The number of rotatable bonds is 7. The van der Waals surface area contributed by atoms with Gasteiger partial charge < -0.3 is 0 Å². The van der Waals surface area contributed by atoms with E-state index in [1.54, 1.807) is 0 Å². The van der Waals surface area contributed by atoms with Gasteiger partial charge in [0, 0.05) is 6.54 Å². The maximum Gasteiger partial charge on any atom is 0.208 e. The Balaban J connectivity index is 2.14. The van der Waals surface area contributed by atoms with E-state index in [9.17, 15) is 18.0 Å². The third kappa shape index (κ3) is 5.74. The van der Waals surface area contributed by atoms with Crippen LogP contribution in [-0.2, 0) is 16.4 Å². The van der Waals surface area contributed by atoms with E-state index in [2.05, 4.69) is 24.7 Å². The number of aromatic nitrogens is 2. The van der Waals surface area contributed by atoms with Crippen LogP contribution in [0.15, 0.2) is 27.8 Å². The van der Waals surface area contributed by atoms with Crippen LogP contribution in [-0.4, -0.2) is 42.6 Å². The summed E-state index contributed by atoms with van der Waals surface area (Å²) in [6.45, 7) is 0.206. The number of hydrogen-bond donors (Lipinski definition) is 3.